The van der Waals surface area contributed by atoms with Crippen LogP contribution in [0.15, 0.2) is 54.9 Å². The number of amides is 1. The van der Waals surface area contributed by atoms with E-state index in [1.807, 2.05) is 6.07 Å². The molecule has 0 radical (unpaired) electrons. The van der Waals surface area contributed by atoms with E-state index in [0.29, 0.717) is 47.2 Å². The summed E-state index contributed by atoms with van der Waals surface area (Å²) in [6, 6.07) is 12.4. The van der Waals surface area contributed by atoms with Gasteiger partial charge in [-0.2, -0.15) is 0 Å². The molecule has 1 fully saturated rings. The molecule has 0 spiro atoms. The molecule has 0 bridgehead atoms. The number of nitrogens with zero attached hydrogens (tertiary/aromatic N) is 2. The second-order valence-corrected chi connectivity index (χ2v) is 7.47. The van der Waals surface area contributed by atoms with Crippen LogP contribution in [-0.4, -0.2) is 48.0 Å². The Morgan fingerprint density at radius 1 is 1.12 bits per heavy atom. The van der Waals surface area contributed by atoms with Gasteiger partial charge in [0.1, 0.15) is 6.10 Å². The third kappa shape index (κ3) is 4.60. The molecule has 0 aliphatic carbocycles. The first kappa shape index (κ1) is 21.5. The van der Waals surface area contributed by atoms with Gasteiger partial charge in [0.2, 0.25) is 5.88 Å². The number of carbonyl (C=O) groups excluding carboxylic acids is 1. The molecular weight excluding hydrogens is 406 g/mol. The van der Waals surface area contributed by atoms with Gasteiger partial charge in [-0.25, -0.2) is 4.98 Å². The first-order chi connectivity index (χ1) is 15.6. The fraction of sp³-hybridized carbons (Fsp3) is 0.250. The summed E-state index contributed by atoms with van der Waals surface area (Å²) in [6.07, 6.45) is 4.74. The Labute approximate surface area is 186 Å². The van der Waals surface area contributed by atoms with Crippen LogP contribution in [0.4, 0.5) is 5.69 Å². The molecule has 4 N–H and O–H groups in total. The SMILES string of the molecule is CNC(=O)c1cccc(-c2cc(C(=N)c3c(N)ccnc3OC3CCOCC3)ccn2)c1. The fourth-order valence-corrected chi connectivity index (χ4v) is 3.60. The number of ether oxygens (including phenoxy) is 2. The number of aromatic nitrogens is 2. The molecule has 4 rings (SSSR count). The summed E-state index contributed by atoms with van der Waals surface area (Å²) in [6.45, 7) is 1.28. The highest BCUT2D eigenvalue weighted by atomic mass is 16.5. The fourth-order valence-electron chi connectivity index (χ4n) is 3.60. The Morgan fingerprint density at radius 2 is 1.91 bits per heavy atom. The van der Waals surface area contributed by atoms with Crippen molar-refractivity contribution in [1.82, 2.24) is 15.3 Å². The lowest BCUT2D eigenvalue weighted by Crippen LogP contribution is -2.27. The lowest BCUT2D eigenvalue weighted by Gasteiger charge is -2.24. The topological polar surface area (TPSA) is 123 Å². The number of hydrogen-bond donors (Lipinski definition) is 3. The molecule has 1 amide bonds. The minimum Gasteiger partial charge on any atom is -0.474 e. The van der Waals surface area contributed by atoms with Gasteiger partial charge in [0.25, 0.3) is 5.91 Å². The number of benzene rings is 1. The highest BCUT2D eigenvalue weighted by Gasteiger charge is 2.22. The molecule has 1 aliphatic rings. The summed E-state index contributed by atoms with van der Waals surface area (Å²) in [5, 5.41) is 11.5. The molecule has 1 aliphatic heterocycles. The number of rotatable bonds is 6. The zero-order chi connectivity index (χ0) is 22.5. The molecule has 8 heteroatoms. The van der Waals surface area contributed by atoms with Crippen molar-refractivity contribution in [2.24, 2.45) is 0 Å². The van der Waals surface area contributed by atoms with E-state index in [1.165, 1.54) is 0 Å². The average Bonchev–Trinajstić information content (AvgIpc) is 2.84. The van der Waals surface area contributed by atoms with Crippen LogP contribution < -0.4 is 15.8 Å². The number of nitrogens with two attached hydrogens (primary N) is 1. The van der Waals surface area contributed by atoms with Crippen LogP contribution in [0.1, 0.15) is 34.3 Å². The first-order valence-corrected chi connectivity index (χ1v) is 10.4. The third-order valence-corrected chi connectivity index (χ3v) is 5.34. The number of anilines is 1. The summed E-state index contributed by atoms with van der Waals surface area (Å²) < 4.78 is 11.5. The van der Waals surface area contributed by atoms with E-state index in [9.17, 15) is 4.79 Å². The maximum absolute atomic E-state index is 12.0. The molecule has 0 saturated carbocycles. The van der Waals surface area contributed by atoms with Gasteiger partial charge in [-0.15, -0.1) is 0 Å². The molecule has 32 heavy (non-hydrogen) atoms. The second-order valence-electron chi connectivity index (χ2n) is 7.47. The average molecular weight is 431 g/mol. The molecule has 164 valence electrons. The van der Waals surface area contributed by atoms with Crippen molar-refractivity contribution in [1.29, 1.82) is 5.41 Å². The van der Waals surface area contributed by atoms with Crippen molar-refractivity contribution in [2.45, 2.75) is 18.9 Å². The maximum atomic E-state index is 12.0. The number of nitrogen functional groups attached to an aromatic ring is 1. The van der Waals surface area contributed by atoms with E-state index < -0.39 is 0 Å². The van der Waals surface area contributed by atoms with Crippen LogP contribution in [-0.2, 0) is 4.74 Å². The summed E-state index contributed by atoms with van der Waals surface area (Å²) in [5.41, 5.74) is 9.89. The van der Waals surface area contributed by atoms with Crippen molar-refractivity contribution >= 4 is 17.3 Å². The van der Waals surface area contributed by atoms with Crippen molar-refractivity contribution in [2.75, 3.05) is 26.0 Å². The zero-order valence-electron chi connectivity index (χ0n) is 17.8. The molecular formula is C24H25N5O3. The smallest absolute Gasteiger partial charge is 0.251 e. The van der Waals surface area contributed by atoms with E-state index in [2.05, 4.69) is 15.3 Å². The standard InChI is InChI=1S/C24H25N5O3/c1-27-23(30)17-4-2-3-15(13-17)20-14-16(5-9-28-20)22(26)21-19(25)6-10-29-24(21)32-18-7-11-31-12-8-18/h2-6,9-10,13-14,18,26H,7-8,11-12H2,1H3,(H2,25,29)(H,27,30). The van der Waals surface area contributed by atoms with Crippen molar-refractivity contribution in [3.63, 3.8) is 0 Å². The second kappa shape index (κ2) is 9.57. The monoisotopic (exact) mass is 431 g/mol. The van der Waals surface area contributed by atoms with Crippen molar-refractivity contribution in [3.8, 4) is 17.1 Å². The minimum absolute atomic E-state index is 0.0231. The summed E-state index contributed by atoms with van der Waals surface area (Å²) in [5.74, 6) is 0.177. The highest BCUT2D eigenvalue weighted by molar-refractivity contribution is 6.15. The molecule has 8 nitrogen and oxygen atoms in total. The van der Waals surface area contributed by atoms with E-state index >= 15 is 0 Å². The normalized spacial score (nSPS) is 14.0. The lowest BCUT2D eigenvalue weighted by molar-refractivity contribution is 0.0237. The van der Waals surface area contributed by atoms with Gasteiger partial charge in [-0.3, -0.25) is 15.2 Å². The quantitative estimate of drug-likeness (QED) is 0.516. The van der Waals surface area contributed by atoms with Crippen molar-refractivity contribution < 1.29 is 14.3 Å². The number of hydrogen-bond acceptors (Lipinski definition) is 7. The number of pyridine rings is 2. The largest absolute Gasteiger partial charge is 0.474 e. The Kier molecular flexibility index (Phi) is 6.42. The van der Waals surface area contributed by atoms with Crippen LogP contribution in [0, 0.1) is 5.41 Å². The molecule has 1 saturated heterocycles. The Morgan fingerprint density at radius 3 is 2.69 bits per heavy atom. The maximum Gasteiger partial charge on any atom is 0.251 e. The van der Waals surface area contributed by atoms with E-state index in [1.54, 1.807) is 55.8 Å². The van der Waals surface area contributed by atoms with Gasteiger partial charge in [-0.05, 0) is 30.3 Å². The molecule has 3 heterocycles. The van der Waals surface area contributed by atoms with Gasteiger partial charge >= 0.3 is 0 Å². The Hall–Kier alpha value is -3.78. The summed E-state index contributed by atoms with van der Waals surface area (Å²) >= 11 is 0. The predicted octanol–water partition coefficient (Wildman–Crippen LogP) is 3.06. The summed E-state index contributed by atoms with van der Waals surface area (Å²) in [4.78, 5) is 20.8. The predicted molar refractivity (Wildman–Crippen MR) is 122 cm³/mol. The highest BCUT2D eigenvalue weighted by Crippen LogP contribution is 2.28. The van der Waals surface area contributed by atoms with E-state index in [4.69, 9.17) is 20.6 Å². The van der Waals surface area contributed by atoms with Crippen LogP contribution in [0.2, 0.25) is 0 Å². The number of carbonyl (C=O) groups is 1. The van der Waals surface area contributed by atoms with Gasteiger partial charge in [0.05, 0.1) is 30.2 Å². The molecule has 0 unspecified atom stereocenters. The molecule has 1 aromatic carbocycles. The third-order valence-electron chi connectivity index (χ3n) is 5.34. The Bertz CT molecular complexity index is 1140. The van der Waals surface area contributed by atoms with Crippen molar-refractivity contribution in [3.05, 3.63) is 71.5 Å². The van der Waals surface area contributed by atoms with Gasteiger partial charge < -0.3 is 20.5 Å². The summed E-state index contributed by atoms with van der Waals surface area (Å²) in [7, 11) is 1.59. The molecule has 2 aromatic heterocycles. The van der Waals surface area contributed by atoms with E-state index in [-0.39, 0.29) is 17.7 Å². The Balaban J connectivity index is 1.66. The van der Waals surface area contributed by atoms with Crippen LogP contribution in [0.5, 0.6) is 5.88 Å². The zero-order valence-corrected chi connectivity index (χ0v) is 17.8. The lowest BCUT2D eigenvalue weighted by atomic mass is 10.00. The first-order valence-electron chi connectivity index (χ1n) is 10.4. The van der Waals surface area contributed by atoms with Crippen LogP contribution in [0.25, 0.3) is 11.3 Å². The minimum atomic E-state index is -0.172. The number of nitrogens with one attached hydrogen (secondary N) is 2. The van der Waals surface area contributed by atoms with Gasteiger partial charge in [0.15, 0.2) is 0 Å². The van der Waals surface area contributed by atoms with Crippen LogP contribution >= 0.6 is 0 Å². The molecule has 3 aromatic rings. The van der Waals surface area contributed by atoms with Gasteiger partial charge in [-0.1, -0.05) is 12.1 Å². The van der Waals surface area contributed by atoms with Crippen LogP contribution in [0.3, 0.4) is 0 Å². The van der Waals surface area contributed by atoms with Gasteiger partial charge in [0, 0.05) is 54.7 Å². The van der Waals surface area contributed by atoms with E-state index in [0.717, 1.165) is 18.4 Å². The molecule has 0 atom stereocenters.